The smallest absolute Gasteiger partial charge is 0.229 e. The van der Waals surface area contributed by atoms with Crippen molar-refractivity contribution in [2.24, 2.45) is 5.92 Å². The number of benzene rings is 2. The number of carbonyl (C=O) groups is 2. The van der Waals surface area contributed by atoms with Crippen molar-refractivity contribution in [3.8, 4) is 11.5 Å². The third kappa shape index (κ3) is 3.69. The topological polar surface area (TPSA) is 93.9 Å². The predicted octanol–water partition coefficient (Wildman–Crippen LogP) is 3.71. The second-order valence-corrected chi connectivity index (χ2v) is 8.11. The summed E-state index contributed by atoms with van der Waals surface area (Å²) in [5.41, 5.74) is 2.71. The zero-order valence-corrected chi connectivity index (χ0v) is 17.4. The Hall–Kier alpha value is -3.55. The second-order valence-electron chi connectivity index (χ2n) is 8.11. The lowest BCUT2D eigenvalue weighted by molar-refractivity contribution is -0.122. The van der Waals surface area contributed by atoms with Gasteiger partial charge in [-0.2, -0.15) is 0 Å². The number of fused-ring (bicyclic) bond motifs is 2. The molecule has 31 heavy (non-hydrogen) atoms. The highest BCUT2D eigenvalue weighted by Crippen LogP contribution is 2.36. The van der Waals surface area contributed by atoms with E-state index >= 15 is 0 Å². The number of hydrogen-bond acceptors (Lipinski definition) is 6. The molecule has 160 valence electrons. The molecule has 2 aromatic carbocycles. The van der Waals surface area contributed by atoms with Crippen LogP contribution < -0.4 is 19.7 Å². The molecular formula is C23H23N3O5. The maximum Gasteiger partial charge on any atom is 0.229 e. The summed E-state index contributed by atoms with van der Waals surface area (Å²) in [5.74, 6) is 1.40. The SMILES string of the molecule is CC(C)c1nc2cc(NC(=O)C3CC(=O)N(c4ccc5c(c4)OCCO5)C3)ccc2o1. The van der Waals surface area contributed by atoms with Crippen LogP contribution in [0, 0.1) is 5.92 Å². The molecule has 8 heteroatoms. The fourth-order valence-electron chi connectivity index (χ4n) is 3.85. The molecule has 3 aromatic rings. The molecule has 3 heterocycles. The largest absolute Gasteiger partial charge is 0.486 e. The van der Waals surface area contributed by atoms with Gasteiger partial charge in [0.1, 0.15) is 18.7 Å². The molecule has 2 aliphatic rings. The molecular weight excluding hydrogens is 398 g/mol. The van der Waals surface area contributed by atoms with Crippen molar-refractivity contribution in [1.82, 2.24) is 4.98 Å². The van der Waals surface area contributed by atoms with E-state index < -0.39 is 5.92 Å². The van der Waals surface area contributed by atoms with E-state index in [1.54, 1.807) is 35.2 Å². The van der Waals surface area contributed by atoms with E-state index in [0.29, 0.717) is 59.6 Å². The minimum atomic E-state index is -0.445. The fourth-order valence-corrected chi connectivity index (χ4v) is 3.85. The van der Waals surface area contributed by atoms with Crippen molar-refractivity contribution in [3.63, 3.8) is 0 Å². The highest BCUT2D eigenvalue weighted by atomic mass is 16.6. The first-order chi connectivity index (χ1) is 15.0. The van der Waals surface area contributed by atoms with E-state index in [2.05, 4.69) is 10.3 Å². The minimum Gasteiger partial charge on any atom is -0.486 e. The van der Waals surface area contributed by atoms with E-state index in [1.165, 1.54) is 0 Å². The number of oxazole rings is 1. The molecule has 1 N–H and O–H groups in total. The number of nitrogens with zero attached hydrogens (tertiary/aromatic N) is 2. The van der Waals surface area contributed by atoms with Crippen molar-refractivity contribution in [3.05, 3.63) is 42.3 Å². The van der Waals surface area contributed by atoms with Crippen molar-refractivity contribution in [2.75, 3.05) is 30.0 Å². The summed E-state index contributed by atoms with van der Waals surface area (Å²) in [4.78, 5) is 31.5. The van der Waals surface area contributed by atoms with Crippen LogP contribution in [-0.2, 0) is 9.59 Å². The highest BCUT2D eigenvalue weighted by Gasteiger charge is 2.35. The molecule has 1 unspecified atom stereocenters. The van der Waals surface area contributed by atoms with Gasteiger partial charge in [-0.3, -0.25) is 9.59 Å². The van der Waals surface area contributed by atoms with Gasteiger partial charge in [-0.1, -0.05) is 13.8 Å². The van der Waals surface area contributed by atoms with Gasteiger partial charge in [0.15, 0.2) is 23.0 Å². The van der Waals surface area contributed by atoms with Gasteiger partial charge >= 0.3 is 0 Å². The standard InChI is InChI=1S/C23H23N3O5/c1-13(2)23-25-17-10-15(3-5-18(17)31-23)24-22(28)14-9-21(27)26(12-14)16-4-6-19-20(11-16)30-8-7-29-19/h3-6,10-11,13-14H,7-9,12H2,1-2H3,(H,24,28). The summed E-state index contributed by atoms with van der Waals surface area (Å²) in [6, 6.07) is 10.8. The van der Waals surface area contributed by atoms with Gasteiger partial charge in [-0.05, 0) is 30.3 Å². The van der Waals surface area contributed by atoms with Gasteiger partial charge < -0.3 is 24.1 Å². The molecule has 1 aromatic heterocycles. The fraction of sp³-hybridized carbons (Fsp3) is 0.348. The first-order valence-electron chi connectivity index (χ1n) is 10.4. The average Bonchev–Trinajstić information content (AvgIpc) is 3.37. The number of carbonyl (C=O) groups excluding carboxylic acids is 2. The van der Waals surface area contributed by atoms with Gasteiger partial charge in [0.2, 0.25) is 11.8 Å². The molecule has 0 radical (unpaired) electrons. The Morgan fingerprint density at radius 3 is 2.74 bits per heavy atom. The first-order valence-corrected chi connectivity index (χ1v) is 10.4. The van der Waals surface area contributed by atoms with Crippen LogP contribution in [-0.4, -0.2) is 36.6 Å². The van der Waals surface area contributed by atoms with E-state index in [-0.39, 0.29) is 24.2 Å². The third-order valence-corrected chi connectivity index (χ3v) is 5.50. The van der Waals surface area contributed by atoms with E-state index in [4.69, 9.17) is 13.9 Å². The molecule has 2 amide bonds. The second kappa shape index (κ2) is 7.61. The first kappa shape index (κ1) is 19.4. The molecule has 1 fully saturated rings. The van der Waals surface area contributed by atoms with Crippen LogP contribution in [0.5, 0.6) is 11.5 Å². The Balaban J connectivity index is 1.29. The minimum absolute atomic E-state index is 0.0923. The van der Waals surface area contributed by atoms with E-state index in [1.807, 2.05) is 19.9 Å². The molecule has 0 spiro atoms. The van der Waals surface area contributed by atoms with Crippen LogP contribution in [0.3, 0.4) is 0 Å². The quantitative estimate of drug-likeness (QED) is 0.690. The lowest BCUT2D eigenvalue weighted by atomic mass is 10.1. The van der Waals surface area contributed by atoms with Crippen molar-refractivity contribution >= 4 is 34.3 Å². The maximum atomic E-state index is 12.8. The summed E-state index contributed by atoms with van der Waals surface area (Å²) < 4.78 is 16.9. The molecule has 0 aliphatic carbocycles. The van der Waals surface area contributed by atoms with Crippen LogP contribution >= 0.6 is 0 Å². The van der Waals surface area contributed by atoms with Gasteiger partial charge in [0, 0.05) is 36.3 Å². The zero-order valence-electron chi connectivity index (χ0n) is 17.4. The molecule has 2 aliphatic heterocycles. The lowest BCUT2D eigenvalue weighted by Gasteiger charge is -2.22. The van der Waals surface area contributed by atoms with E-state index in [9.17, 15) is 9.59 Å². The summed E-state index contributed by atoms with van der Waals surface area (Å²) in [5, 5.41) is 2.91. The van der Waals surface area contributed by atoms with Crippen LogP contribution in [0.1, 0.15) is 32.1 Å². The van der Waals surface area contributed by atoms with Crippen LogP contribution in [0.15, 0.2) is 40.8 Å². The third-order valence-electron chi connectivity index (χ3n) is 5.50. The van der Waals surface area contributed by atoms with Gasteiger partial charge in [0.05, 0.1) is 5.92 Å². The number of aromatic nitrogens is 1. The molecule has 0 saturated carbocycles. The Labute approximate surface area is 179 Å². The number of ether oxygens (including phenoxy) is 2. The number of nitrogens with one attached hydrogen (secondary N) is 1. The van der Waals surface area contributed by atoms with Gasteiger partial charge in [-0.25, -0.2) is 4.98 Å². The predicted molar refractivity (Wildman–Crippen MR) is 115 cm³/mol. The zero-order chi connectivity index (χ0) is 21.5. The van der Waals surface area contributed by atoms with Crippen molar-refractivity contribution in [1.29, 1.82) is 0 Å². The number of rotatable bonds is 4. The van der Waals surface area contributed by atoms with Crippen LogP contribution in [0.2, 0.25) is 0 Å². The Kier molecular flexibility index (Phi) is 4.77. The number of amides is 2. The number of anilines is 2. The van der Waals surface area contributed by atoms with Crippen LogP contribution in [0.25, 0.3) is 11.1 Å². The number of hydrogen-bond donors (Lipinski definition) is 1. The molecule has 1 atom stereocenters. The molecule has 5 rings (SSSR count). The molecule has 1 saturated heterocycles. The maximum absolute atomic E-state index is 12.8. The normalized spacial score (nSPS) is 18.1. The Morgan fingerprint density at radius 2 is 1.94 bits per heavy atom. The Morgan fingerprint density at radius 1 is 1.13 bits per heavy atom. The summed E-state index contributed by atoms with van der Waals surface area (Å²) in [7, 11) is 0. The summed E-state index contributed by atoms with van der Waals surface area (Å²) in [6.45, 7) is 5.32. The summed E-state index contributed by atoms with van der Waals surface area (Å²) >= 11 is 0. The monoisotopic (exact) mass is 421 g/mol. The molecule has 0 bridgehead atoms. The highest BCUT2D eigenvalue weighted by molar-refractivity contribution is 6.04. The van der Waals surface area contributed by atoms with Crippen molar-refractivity contribution < 1.29 is 23.5 Å². The lowest BCUT2D eigenvalue weighted by Crippen LogP contribution is -2.28. The van der Waals surface area contributed by atoms with Gasteiger partial charge in [0.25, 0.3) is 0 Å². The average molecular weight is 421 g/mol. The van der Waals surface area contributed by atoms with Crippen LogP contribution in [0.4, 0.5) is 11.4 Å². The molecule has 8 nitrogen and oxygen atoms in total. The van der Waals surface area contributed by atoms with Crippen molar-refractivity contribution in [2.45, 2.75) is 26.2 Å². The van der Waals surface area contributed by atoms with Gasteiger partial charge in [-0.15, -0.1) is 0 Å². The summed E-state index contributed by atoms with van der Waals surface area (Å²) in [6.07, 6.45) is 0.157. The Bertz CT molecular complexity index is 1170. The van der Waals surface area contributed by atoms with E-state index in [0.717, 1.165) is 0 Å².